The minimum Gasteiger partial charge on any atom is -0.467 e. The van der Waals surface area contributed by atoms with E-state index < -0.39 is 37.1 Å². The third-order valence-electron chi connectivity index (χ3n) is 4.84. The van der Waals surface area contributed by atoms with Crippen LogP contribution < -0.4 is 5.32 Å². The fourth-order valence-electron chi connectivity index (χ4n) is 3.48. The molecule has 0 aromatic heterocycles. The number of esters is 1. The topological polar surface area (TPSA) is 64.6 Å². The molecule has 8 heteroatoms. The molecule has 0 fully saturated rings. The van der Waals surface area contributed by atoms with Crippen LogP contribution in [0.4, 0.5) is 18.0 Å². The van der Waals surface area contributed by atoms with Gasteiger partial charge in [-0.25, -0.2) is 9.59 Å². The van der Waals surface area contributed by atoms with E-state index in [4.69, 9.17) is 4.74 Å². The molecule has 1 aliphatic carbocycles. The molecule has 154 valence electrons. The quantitative estimate of drug-likeness (QED) is 0.721. The molecule has 0 saturated carbocycles. The van der Waals surface area contributed by atoms with E-state index in [9.17, 15) is 22.8 Å². The van der Waals surface area contributed by atoms with Gasteiger partial charge >= 0.3 is 18.2 Å². The Morgan fingerprint density at radius 1 is 1.03 bits per heavy atom. The van der Waals surface area contributed by atoms with Crippen molar-refractivity contribution in [2.45, 2.75) is 31.0 Å². The summed E-state index contributed by atoms with van der Waals surface area (Å²) in [4.78, 5) is 23.8. The van der Waals surface area contributed by atoms with Gasteiger partial charge in [0, 0.05) is 12.3 Å². The molecule has 0 bridgehead atoms. The van der Waals surface area contributed by atoms with Crippen molar-refractivity contribution in [1.29, 1.82) is 0 Å². The predicted octanol–water partition coefficient (Wildman–Crippen LogP) is 4.41. The first-order chi connectivity index (χ1) is 13.8. The molecule has 1 N–H and O–H groups in total. The summed E-state index contributed by atoms with van der Waals surface area (Å²) in [7, 11) is 1.04. The summed E-state index contributed by atoms with van der Waals surface area (Å²) in [5.74, 6) is -1.15. The van der Waals surface area contributed by atoms with Gasteiger partial charge in [-0.2, -0.15) is 13.2 Å². The molecule has 1 amide bonds. The van der Waals surface area contributed by atoms with Crippen LogP contribution >= 0.6 is 0 Å². The van der Waals surface area contributed by atoms with E-state index >= 15 is 0 Å². The van der Waals surface area contributed by atoms with Crippen LogP contribution in [0.25, 0.3) is 11.1 Å². The molecule has 0 spiro atoms. The third-order valence-corrected chi connectivity index (χ3v) is 4.84. The number of ether oxygens (including phenoxy) is 2. The van der Waals surface area contributed by atoms with Gasteiger partial charge in [-0.05, 0) is 28.7 Å². The van der Waals surface area contributed by atoms with Gasteiger partial charge in [0.15, 0.2) is 0 Å². The monoisotopic (exact) mass is 407 g/mol. The number of fused-ring (bicyclic) bond motifs is 3. The van der Waals surface area contributed by atoms with Crippen molar-refractivity contribution < 1.29 is 32.2 Å². The SMILES string of the molecule is COC(=O)[C@H](CCC(F)(F)F)NC(=O)OCC1c2ccccc2-c2ccccc21. The number of methoxy groups -OCH3 is 1. The summed E-state index contributed by atoms with van der Waals surface area (Å²) in [6.07, 6.45) is -7.27. The Labute approximate surface area is 165 Å². The van der Waals surface area contributed by atoms with Gasteiger partial charge in [0.05, 0.1) is 7.11 Å². The van der Waals surface area contributed by atoms with Gasteiger partial charge in [-0.3, -0.25) is 0 Å². The average molecular weight is 407 g/mol. The van der Waals surface area contributed by atoms with Crippen LogP contribution in [0.2, 0.25) is 0 Å². The highest BCUT2D eigenvalue weighted by atomic mass is 19.4. The summed E-state index contributed by atoms with van der Waals surface area (Å²) in [6.45, 7) is -0.00692. The minimum atomic E-state index is -4.45. The van der Waals surface area contributed by atoms with E-state index in [1.54, 1.807) is 0 Å². The maximum atomic E-state index is 12.5. The van der Waals surface area contributed by atoms with Crippen molar-refractivity contribution >= 4 is 12.1 Å². The van der Waals surface area contributed by atoms with Gasteiger partial charge < -0.3 is 14.8 Å². The molecule has 0 heterocycles. The first kappa shape index (κ1) is 20.7. The standard InChI is InChI=1S/C21H20F3NO4/c1-28-19(26)18(10-11-21(22,23)24)25-20(27)29-12-17-15-8-4-2-6-13(15)14-7-3-5-9-16(14)17/h2-9,17-18H,10-12H2,1H3,(H,25,27)/t18-/m0/s1. The maximum Gasteiger partial charge on any atom is 0.407 e. The van der Waals surface area contributed by atoms with Crippen molar-refractivity contribution in [3.63, 3.8) is 0 Å². The van der Waals surface area contributed by atoms with Crippen LogP contribution in [-0.2, 0) is 14.3 Å². The fraction of sp³-hybridized carbons (Fsp3) is 0.333. The molecular formula is C21H20F3NO4. The maximum absolute atomic E-state index is 12.5. The van der Waals surface area contributed by atoms with E-state index in [0.29, 0.717) is 0 Å². The van der Waals surface area contributed by atoms with Crippen molar-refractivity contribution in [3.05, 3.63) is 59.7 Å². The lowest BCUT2D eigenvalue weighted by atomic mass is 9.98. The summed E-state index contributed by atoms with van der Waals surface area (Å²) in [5.41, 5.74) is 4.11. The van der Waals surface area contributed by atoms with Crippen LogP contribution in [0, 0.1) is 0 Å². The van der Waals surface area contributed by atoms with Crippen molar-refractivity contribution in [2.75, 3.05) is 13.7 Å². The number of carbonyl (C=O) groups excluding carboxylic acids is 2. The Morgan fingerprint density at radius 3 is 2.10 bits per heavy atom. The van der Waals surface area contributed by atoms with Crippen LogP contribution in [0.1, 0.15) is 29.9 Å². The van der Waals surface area contributed by atoms with Crippen LogP contribution in [0.3, 0.4) is 0 Å². The number of rotatable bonds is 6. The molecule has 5 nitrogen and oxygen atoms in total. The lowest BCUT2D eigenvalue weighted by Gasteiger charge is -2.19. The molecule has 1 atom stereocenters. The minimum absolute atomic E-state index is 0.00692. The van der Waals surface area contributed by atoms with Crippen LogP contribution in [-0.4, -0.2) is 38.0 Å². The van der Waals surface area contributed by atoms with Crippen molar-refractivity contribution in [1.82, 2.24) is 5.32 Å². The van der Waals surface area contributed by atoms with Crippen LogP contribution in [0.5, 0.6) is 0 Å². The van der Waals surface area contributed by atoms with E-state index in [1.165, 1.54) is 0 Å². The number of carbonyl (C=O) groups is 2. The van der Waals surface area contributed by atoms with E-state index in [-0.39, 0.29) is 12.5 Å². The molecule has 0 unspecified atom stereocenters. The molecule has 2 aromatic rings. The predicted molar refractivity (Wildman–Crippen MR) is 99.3 cm³/mol. The number of hydrogen-bond donors (Lipinski definition) is 1. The van der Waals surface area contributed by atoms with Gasteiger partial charge in [-0.15, -0.1) is 0 Å². The molecule has 3 rings (SSSR count). The lowest BCUT2D eigenvalue weighted by Crippen LogP contribution is -2.42. The largest absolute Gasteiger partial charge is 0.467 e. The number of alkyl carbamates (subject to hydrolysis) is 1. The van der Waals surface area contributed by atoms with E-state index in [1.807, 2.05) is 48.5 Å². The Bertz CT molecular complexity index is 852. The highest BCUT2D eigenvalue weighted by Crippen LogP contribution is 2.44. The molecular weight excluding hydrogens is 387 g/mol. The van der Waals surface area contributed by atoms with Gasteiger partial charge in [0.25, 0.3) is 0 Å². The van der Waals surface area contributed by atoms with Crippen molar-refractivity contribution in [2.24, 2.45) is 0 Å². The van der Waals surface area contributed by atoms with E-state index in [2.05, 4.69) is 10.1 Å². The normalized spacial score (nSPS) is 13.9. The number of benzene rings is 2. The second-order valence-corrected chi connectivity index (χ2v) is 6.70. The Hall–Kier alpha value is -3.03. The third kappa shape index (κ3) is 4.88. The van der Waals surface area contributed by atoms with Gasteiger partial charge in [0.2, 0.25) is 0 Å². The average Bonchev–Trinajstić information content (AvgIpc) is 3.02. The molecule has 0 saturated heterocycles. The summed E-state index contributed by atoms with van der Waals surface area (Å²) < 4.78 is 47.1. The summed E-state index contributed by atoms with van der Waals surface area (Å²) in [5, 5.41) is 2.18. The number of amides is 1. The highest BCUT2D eigenvalue weighted by Gasteiger charge is 2.33. The number of hydrogen-bond acceptors (Lipinski definition) is 4. The zero-order chi connectivity index (χ0) is 21.0. The zero-order valence-electron chi connectivity index (χ0n) is 15.7. The number of halogens is 3. The van der Waals surface area contributed by atoms with Crippen LogP contribution in [0.15, 0.2) is 48.5 Å². The zero-order valence-corrected chi connectivity index (χ0v) is 15.7. The Kier molecular flexibility index (Phi) is 6.10. The second kappa shape index (κ2) is 8.55. The highest BCUT2D eigenvalue weighted by molar-refractivity contribution is 5.82. The Balaban J connectivity index is 1.66. The molecule has 0 radical (unpaired) electrons. The number of nitrogens with one attached hydrogen (secondary N) is 1. The molecule has 0 aliphatic heterocycles. The Morgan fingerprint density at radius 2 is 1.59 bits per heavy atom. The molecule has 2 aromatic carbocycles. The van der Waals surface area contributed by atoms with E-state index in [0.717, 1.165) is 29.4 Å². The number of alkyl halides is 3. The lowest BCUT2D eigenvalue weighted by molar-refractivity contribution is -0.148. The first-order valence-electron chi connectivity index (χ1n) is 9.06. The molecule has 29 heavy (non-hydrogen) atoms. The smallest absolute Gasteiger partial charge is 0.407 e. The summed E-state index contributed by atoms with van der Waals surface area (Å²) >= 11 is 0. The first-order valence-corrected chi connectivity index (χ1v) is 9.06. The van der Waals surface area contributed by atoms with Gasteiger partial charge in [-0.1, -0.05) is 48.5 Å². The van der Waals surface area contributed by atoms with Crippen molar-refractivity contribution in [3.8, 4) is 11.1 Å². The second-order valence-electron chi connectivity index (χ2n) is 6.70. The fourth-order valence-corrected chi connectivity index (χ4v) is 3.48. The summed E-state index contributed by atoms with van der Waals surface area (Å²) in [6, 6.07) is 14.1. The van der Waals surface area contributed by atoms with Gasteiger partial charge in [0.1, 0.15) is 12.6 Å². The molecule has 1 aliphatic rings.